The number of nitrogens with two attached hydrogens (primary N) is 1. The molecule has 2 aliphatic rings. The lowest BCUT2D eigenvalue weighted by atomic mass is 9.98. The highest BCUT2D eigenvalue weighted by Gasteiger charge is 2.54. The number of aromatic nitrogens is 1. The average Bonchev–Trinajstić information content (AvgIpc) is 3.21. The van der Waals surface area contributed by atoms with Gasteiger partial charge in [0.1, 0.15) is 24.2 Å². The van der Waals surface area contributed by atoms with Gasteiger partial charge in [-0.2, -0.15) is 0 Å². The lowest BCUT2D eigenvalue weighted by molar-refractivity contribution is -0.162. The minimum atomic E-state index is -1.14. The predicted octanol–water partition coefficient (Wildman–Crippen LogP) is 1.83. The second kappa shape index (κ2) is 11.8. The number of carbonyl (C=O) groups is 4. The standard InChI is InChI=1S/C20H25N5O8S2.ClH/c1-9-6-34-16-12(23-13(26)11(24-30-5)10-7-35-18(21)22-10)14(27)25(16)15(9)33-19(29)32-8-31-17(28)20(2,3)4;/h7,12,16H,6,8H2,1-5H3,(H2,21,22)(H,23,26);1H/b24-11-;/t12?,16-;/m0./s1. The maximum atomic E-state index is 12.9. The predicted molar refractivity (Wildman–Crippen MR) is 133 cm³/mol. The third kappa shape index (κ3) is 6.39. The number of esters is 1. The number of hydrogen-bond acceptors (Lipinski definition) is 13. The van der Waals surface area contributed by atoms with Gasteiger partial charge in [0, 0.05) is 11.1 Å². The second-order valence-corrected chi connectivity index (χ2v) is 10.4. The first-order valence-electron chi connectivity index (χ1n) is 10.2. The lowest BCUT2D eigenvalue weighted by Crippen LogP contribution is -2.70. The molecule has 2 aliphatic heterocycles. The Hall–Kier alpha value is -3.04. The molecule has 0 aromatic carbocycles. The van der Waals surface area contributed by atoms with Crippen molar-refractivity contribution in [1.29, 1.82) is 0 Å². The Morgan fingerprint density at radius 2 is 2.00 bits per heavy atom. The number of oxime groups is 1. The number of halogens is 1. The smallest absolute Gasteiger partial charge is 0.427 e. The molecule has 0 radical (unpaired) electrons. The maximum Gasteiger partial charge on any atom is 0.518 e. The van der Waals surface area contributed by atoms with Crippen LogP contribution in [0.3, 0.4) is 0 Å². The Morgan fingerprint density at radius 1 is 1.31 bits per heavy atom. The molecule has 1 aromatic heterocycles. The van der Waals surface area contributed by atoms with Gasteiger partial charge in [-0.25, -0.2) is 9.78 Å². The number of thioether (sulfide) groups is 1. The summed E-state index contributed by atoms with van der Waals surface area (Å²) in [5.74, 6) is -1.28. The summed E-state index contributed by atoms with van der Waals surface area (Å²) in [6.45, 7) is 6.03. The first-order chi connectivity index (χ1) is 16.4. The van der Waals surface area contributed by atoms with Crippen LogP contribution in [0.2, 0.25) is 0 Å². The first kappa shape index (κ1) is 29.2. The quantitative estimate of drug-likeness (QED) is 0.163. The van der Waals surface area contributed by atoms with Gasteiger partial charge in [-0.15, -0.1) is 35.5 Å². The van der Waals surface area contributed by atoms with Crippen LogP contribution in [0.5, 0.6) is 0 Å². The summed E-state index contributed by atoms with van der Waals surface area (Å²) in [4.78, 5) is 59.5. The van der Waals surface area contributed by atoms with E-state index in [0.717, 1.165) is 11.3 Å². The van der Waals surface area contributed by atoms with Crippen molar-refractivity contribution in [2.45, 2.75) is 39.1 Å². The molecule has 16 heteroatoms. The zero-order valence-corrected chi connectivity index (χ0v) is 22.5. The molecule has 1 unspecified atom stereocenters. The van der Waals surface area contributed by atoms with Crippen molar-refractivity contribution < 1.29 is 38.2 Å². The van der Waals surface area contributed by atoms with Crippen molar-refractivity contribution in [2.24, 2.45) is 10.6 Å². The van der Waals surface area contributed by atoms with Gasteiger partial charge in [-0.05, 0) is 33.3 Å². The Morgan fingerprint density at radius 3 is 2.58 bits per heavy atom. The number of ether oxygens (including phenoxy) is 3. The summed E-state index contributed by atoms with van der Waals surface area (Å²) in [6, 6.07) is -0.902. The van der Waals surface area contributed by atoms with Crippen LogP contribution >= 0.6 is 35.5 Å². The highest BCUT2D eigenvalue weighted by atomic mass is 35.5. The maximum absolute atomic E-state index is 12.9. The van der Waals surface area contributed by atoms with Crippen LogP contribution < -0.4 is 11.1 Å². The van der Waals surface area contributed by atoms with Gasteiger partial charge in [-0.3, -0.25) is 19.3 Å². The van der Waals surface area contributed by atoms with Gasteiger partial charge in [0.15, 0.2) is 10.8 Å². The number of carbonyl (C=O) groups excluding carboxylic acids is 4. The van der Waals surface area contributed by atoms with E-state index in [9.17, 15) is 19.2 Å². The van der Waals surface area contributed by atoms with E-state index in [4.69, 9.17) is 24.8 Å². The topological polar surface area (TPSA) is 172 Å². The fourth-order valence-corrected chi connectivity index (χ4v) is 4.77. The van der Waals surface area contributed by atoms with Gasteiger partial charge in [0.05, 0.1) is 5.41 Å². The fourth-order valence-electron chi connectivity index (χ4n) is 2.96. The van der Waals surface area contributed by atoms with Crippen LogP contribution in [0.15, 0.2) is 22.0 Å². The van der Waals surface area contributed by atoms with Crippen LogP contribution in [0.25, 0.3) is 0 Å². The van der Waals surface area contributed by atoms with Gasteiger partial charge >= 0.3 is 12.1 Å². The average molecular weight is 564 g/mol. The molecule has 3 N–H and O–H groups in total. The monoisotopic (exact) mass is 563 g/mol. The number of thiazole rings is 1. The number of nitrogens with one attached hydrogen (secondary N) is 1. The van der Waals surface area contributed by atoms with Crippen molar-refractivity contribution >= 4 is 70.3 Å². The minimum absolute atomic E-state index is 0. The summed E-state index contributed by atoms with van der Waals surface area (Å²) in [5, 5.41) is 7.58. The molecule has 1 aromatic rings. The van der Waals surface area contributed by atoms with E-state index < -0.39 is 47.6 Å². The van der Waals surface area contributed by atoms with E-state index in [1.807, 2.05) is 0 Å². The largest absolute Gasteiger partial charge is 0.518 e. The zero-order chi connectivity index (χ0) is 25.9. The lowest BCUT2D eigenvalue weighted by Gasteiger charge is -2.48. The van der Waals surface area contributed by atoms with Gasteiger partial charge in [-0.1, -0.05) is 5.16 Å². The SMILES string of the molecule is CO/N=C(\C(=O)NC1C(=O)N2C(OC(=O)OCOC(=O)C(C)(C)C)=C(C)CS[C@@H]12)c1csc(N)n1.Cl. The molecule has 0 spiro atoms. The fraction of sp³-hybridized carbons (Fsp3) is 0.500. The van der Waals surface area contributed by atoms with E-state index in [-0.39, 0.29) is 34.8 Å². The summed E-state index contributed by atoms with van der Waals surface area (Å²) < 4.78 is 14.9. The molecular formula is C20H26ClN5O8S2. The number of rotatable bonds is 7. The highest BCUT2D eigenvalue weighted by Crippen LogP contribution is 2.40. The van der Waals surface area contributed by atoms with Gasteiger partial charge in [0.25, 0.3) is 11.8 Å². The summed E-state index contributed by atoms with van der Waals surface area (Å²) in [5.41, 5.74) is 5.56. The summed E-state index contributed by atoms with van der Waals surface area (Å²) in [7, 11) is 1.27. The van der Waals surface area contributed by atoms with Crippen molar-refractivity contribution in [3.05, 3.63) is 22.5 Å². The number of β-lactam (4-membered cyclic amide) rings is 1. The number of nitrogens with zero attached hydrogens (tertiary/aromatic N) is 3. The van der Waals surface area contributed by atoms with Crippen molar-refractivity contribution in [1.82, 2.24) is 15.2 Å². The van der Waals surface area contributed by atoms with Gasteiger partial charge < -0.3 is 30.1 Å². The Kier molecular flexibility index (Phi) is 9.57. The third-order valence-corrected chi connectivity index (χ3v) is 6.80. The van der Waals surface area contributed by atoms with E-state index in [2.05, 4.69) is 15.5 Å². The number of nitrogen functional groups attached to an aromatic ring is 1. The number of amides is 2. The molecule has 0 aliphatic carbocycles. The number of hydrogen-bond donors (Lipinski definition) is 2. The number of fused-ring (bicyclic) bond motifs is 1. The van der Waals surface area contributed by atoms with Gasteiger partial charge in [0.2, 0.25) is 12.7 Å². The molecule has 13 nitrogen and oxygen atoms in total. The van der Waals surface area contributed by atoms with Crippen LogP contribution in [0.4, 0.5) is 9.93 Å². The molecule has 2 atom stereocenters. The van der Waals surface area contributed by atoms with Crippen molar-refractivity contribution in [2.75, 3.05) is 25.4 Å². The molecule has 0 saturated carbocycles. The van der Waals surface area contributed by atoms with Crippen LogP contribution in [-0.2, 0) is 33.4 Å². The molecule has 2 amide bonds. The van der Waals surface area contributed by atoms with Crippen LogP contribution in [0.1, 0.15) is 33.4 Å². The molecular weight excluding hydrogens is 538 g/mol. The molecule has 36 heavy (non-hydrogen) atoms. The highest BCUT2D eigenvalue weighted by molar-refractivity contribution is 8.00. The third-order valence-electron chi connectivity index (χ3n) is 4.71. The minimum Gasteiger partial charge on any atom is -0.427 e. The Labute approximate surface area is 221 Å². The molecule has 1 saturated heterocycles. The van der Waals surface area contributed by atoms with Crippen LogP contribution in [0, 0.1) is 5.41 Å². The van der Waals surface area contributed by atoms with E-state index >= 15 is 0 Å². The van der Waals surface area contributed by atoms with Crippen molar-refractivity contribution in [3.63, 3.8) is 0 Å². The molecule has 198 valence electrons. The summed E-state index contributed by atoms with van der Waals surface area (Å²) in [6.07, 6.45) is -1.14. The first-order valence-corrected chi connectivity index (χ1v) is 12.2. The molecule has 1 fully saturated rings. The Bertz CT molecular complexity index is 1100. The van der Waals surface area contributed by atoms with E-state index in [1.54, 1.807) is 33.1 Å². The Balaban J connectivity index is 0.00000456. The van der Waals surface area contributed by atoms with E-state index in [0.29, 0.717) is 11.3 Å². The normalized spacial score (nSPS) is 19.4. The molecule has 0 bridgehead atoms. The van der Waals surface area contributed by atoms with Crippen LogP contribution in [-0.4, -0.2) is 70.6 Å². The number of anilines is 1. The zero-order valence-electron chi connectivity index (χ0n) is 20.1. The summed E-state index contributed by atoms with van der Waals surface area (Å²) >= 11 is 2.51. The van der Waals surface area contributed by atoms with E-state index in [1.165, 1.54) is 23.8 Å². The van der Waals surface area contributed by atoms with Crippen molar-refractivity contribution in [3.8, 4) is 0 Å². The second-order valence-electron chi connectivity index (χ2n) is 8.44. The molecule has 3 heterocycles. The molecule has 3 rings (SSSR count).